The standard InChI is InChI=1S/C22H25F3N6O6/c1-12(13-6-14(22(23,24)25)8-15(7-13)31(35)36)26-19-16-9-30(21(34)29-2-4-37-5-3-29)10-17(16)27-20(28-19)18(33)11-32/h6-8,12,18,32-33H,2-5,9-11H2,1H3,(H,26,27,28)/t12-,18?/m1/s1. The van der Waals surface area contributed by atoms with Gasteiger partial charge in [0.15, 0.2) is 5.82 Å². The highest BCUT2D eigenvalue weighted by Gasteiger charge is 2.35. The molecule has 2 amide bonds. The highest BCUT2D eigenvalue weighted by Crippen LogP contribution is 2.36. The highest BCUT2D eigenvalue weighted by molar-refractivity contribution is 5.76. The van der Waals surface area contributed by atoms with Gasteiger partial charge in [-0.05, 0) is 18.6 Å². The molecule has 1 aromatic carbocycles. The van der Waals surface area contributed by atoms with Gasteiger partial charge in [-0.25, -0.2) is 14.8 Å². The van der Waals surface area contributed by atoms with Crippen molar-refractivity contribution >= 4 is 17.5 Å². The van der Waals surface area contributed by atoms with Gasteiger partial charge in [-0.1, -0.05) is 0 Å². The van der Waals surface area contributed by atoms with Gasteiger partial charge in [-0.2, -0.15) is 13.2 Å². The Hall–Kier alpha value is -3.56. The van der Waals surface area contributed by atoms with E-state index in [2.05, 4.69) is 15.3 Å². The third-order valence-corrected chi connectivity index (χ3v) is 6.15. The Kier molecular flexibility index (Phi) is 7.47. The lowest BCUT2D eigenvalue weighted by Crippen LogP contribution is -2.46. The number of halogens is 3. The second-order valence-electron chi connectivity index (χ2n) is 8.73. The van der Waals surface area contributed by atoms with Crippen molar-refractivity contribution in [2.24, 2.45) is 0 Å². The molecular weight excluding hydrogens is 501 g/mol. The number of aromatic nitrogens is 2. The highest BCUT2D eigenvalue weighted by atomic mass is 19.4. The van der Waals surface area contributed by atoms with E-state index in [1.54, 1.807) is 4.90 Å². The quantitative estimate of drug-likeness (QED) is 0.380. The minimum atomic E-state index is -4.80. The lowest BCUT2D eigenvalue weighted by molar-refractivity contribution is -0.385. The van der Waals surface area contributed by atoms with Crippen molar-refractivity contribution < 1.29 is 37.8 Å². The molecule has 4 rings (SSSR count). The van der Waals surface area contributed by atoms with Gasteiger partial charge in [0.1, 0.15) is 11.9 Å². The number of nitro groups is 1. The maximum absolute atomic E-state index is 13.4. The Balaban J connectivity index is 1.66. The summed E-state index contributed by atoms with van der Waals surface area (Å²) in [5.41, 5.74) is -1.01. The van der Waals surface area contributed by atoms with Crippen LogP contribution < -0.4 is 5.32 Å². The molecule has 1 aromatic heterocycles. The summed E-state index contributed by atoms with van der Waals surface area (Å²) in [5, 5.41) is 33.7. The Bertz CT molecular complexity index is 1190. The molecule has 0 spiro atoms. The minimum Gasteiger partial charge on any atom is -0.393 e. The number of morpholine rings is 1. The van der Waals surface area contributed by atoms with Gasteiger partial charge in [0, 0.05) is 30.8 Å². The van der Waals surface area contributed by atoms with Crippen molar-refractivity contribution in [1.29, 1.82) is 0 Å². The van der Waals surface area contributed by atoms with Crippen LogP contribution in [0.3, 0.4) is 0 Å². The first kappa shape index (κ1) is 26.5. The predicted octanol–water partition coefficient (Wildman–Crippen LogP) is 2.37. The molecule has 0 bridgehead atoms. The molecule has 3 heterocycles. The SMILES string of the molecule is C[C@@H](Nc1nc(C(O)CO)nc2c1CN(C(=O)N1CCOCC1)C2)c1cc([N+](=O)[O-])cc(C(F)(F)F)c1. The predicted molar refractivity (Wildman–Crippen MR) is 121 cm³/mol. The summed E-state index contributed by atoms with van der Waals surface area (Å²) in [6.45, 7) is 2.67. The van der Waals surface area contributed by atoms with E-state index in [9.17, 15) is 38.3 Å². The van der Waals surface area contributed by atoms with Crippen LogP contribution >= 0.6 is 0 Å². The topological polar surface area (TPSA) is 154 Å². The third kappa shape index (κ3) is 5.73. The zero-order valence-corrected chi connectivity index (χ0v) is 19.7. The Morgan fingerprint density at radius 1 is 1.22 bits per heavy atom. The molecule has 1 saturated heterocycles. The van der Waals surface area contributed by atoms with Gasteiger partial charge >= 0.3 is 12.2 Å². The largest absolute Gasteiger partial charge is 0.416 e. The van der Waals surface area contributed by atoms with E-state index in [4.69, 9.17) is 4.74 Å². The van der Waals surface area contributed by atoms with Crippen molar-refractivity contribution in [3.8, 4) is 0 Å². The van der Waals surface area contributed by atoms with Crippen LogP contribution in [0.1, 0.15) is 47.3 Å². The summed E-state index contributed by atoms with van der Waals surface area (Å²) in [5.74, 6) is 0.00369. The van der Waals surface area contributed by atoms with Crippen molar-refractivity contribution in [2.45, 2.75) is 38.3 Å². The van der Waals surface area contributed by atoms with Gasteiger partial charge in [0.25, 0.3) is 5.69 Å². The second-order valence-corrected chi connectivity index (χ2v) is 8.73. The van der Waals surface area contributed by atoms with E-state index in [0.717, 1.165) is 12.1 Å². The minimum absolute atomic E-state index is 0.0163. The molecule has 0 saturated carbocycles. The molecule has 15 heteroatoms. The lowest BCUT2D eigenvalue weighted by Gasteiger charge is -2.30. The maximum atomic E-state index is 13.4. The summed E-state index contributed by atoms with van der Waals surface area (Å²) in [6, 6.07) is 1.17. The van der Waals surface area contributed by atoms with Crippen LogP contribution in [-0.2, 0) is 24.0 Å². The van der Waals surface area contributed by atoms with Crippen molar-refractivity contribution in [2.75, 3.05) is 38.2 Å². The van der Waals surface area contributed by atoms with E-state index < -0.39 is 41.1 Å². The number of nitrogens with one attached hydrogen (secondary N) is 1. The summed E-state index contributed by atoms with van der Waals surface area (Å²) in [4.78, 5) is 35.0. The van der Waals surface area contributed by atoms with Gasteiger partial charge < -0.3 is 30.1 Å². The number of alkyl halides is 3. The number of hydrogen-bond acceptors (Lipinski definition) is 9. The first-order valence-electron chi connectivity index (χ1n) is 11.4. The number of carbonyl (C=O) groups excluding carboxylic acids is 1. The number of aliphatic hydroxyl groups excluding tert-OH is 2. The van der Waals surface area contributed by atoms with E-state index in [1.807, 2.05) is 0 Å². The number of nitro benzene ring substituents is 1. The molecule has 200 valence electrons. The van der Waals surface area contributed by atoms with Crippen LogP contribution in [0.25, 0.3) is 0 Å². The molecule has 0 radical (unpaired) electrons. The molecule has 2 atom stereocenters. The zero-order valence-electron chi connectivity index (χ0n) is 19.7. The van der Waals surface area contributed by atoms with Gasteiger partial charge in [-0.3, -0.25) is 10.1 Å². The third-order valence-electron chi connectivity index (χ3n) is 6.15. The van der Waals surface area contributed by atoms with Gasteiger partial charge in [0.05, 0.1) is 55.1 Å². The number of non-ortho nitro benzene ring substituents is 1. The number of fused-ring (bicyclic) bond motifs is 1. The van der Waals surface area contributed by atoms with E-state index >= 15 is 0 Å². The number of aliphatic hydroxyl groups is 2. The maximum Gasteiger partial charge on any atom is 0.416 e. The summed E-state index contributed by atoms with van der Waals surface area (Å²) < 4.78 is 45.4. The molecule has 0 aliphatic carbocycles. The van der Waals surface area contributed by atoms with Crippen LogP contribution in [0.2, 0.25) is 0 Å². The van der Waals surface area contributed by atoms with Crippen molar-refractivity contribution in [3.63, 3.8) is 0 Å². The zero-order chi connectivity index (χ0) is 26.9. The number of carbonyl (C=O) groups is 1. The summed E-state index contributed by atoms with van der Waals surface area (Å²) >= 11 is 0. The van der Waals surface area contributed by atoms with Crippen LogP contribution in [0.15, 0.2) is 18.2 Å². The number of benzene rings is 1. The number of hydrogen-bond donors (Lipinski definition) is 3. The molecule has 37 heavy (non-hydrogen) atoms. The fraction of sp³-hybridized carbons (Fsp3) is 0.500. The molecular formula is C22H25F3N6O6. The Morgan fingerprint density at radius 2 is 1.92 bits per heavy atom. The van der Waals surface area contributed by atoms with Crippen molar-refractivity contribution in [3.05, 3.63) is 56.5 Å². The van der Waals surface area contributed by atoms with Gasteiger partial charge in [-0.15, -0.1) is 0 Å². The average Bonchev–Trinajstić information content (AvgIpc) is 3.32. The first-order chi connectivity index (χ1) is 17.5. The molecule has 2 aliphatic rings. The average molecular weight is 526 g/mol. The molecule has 1 unspecified atom stereocenters. The van der Waals surface area contributed by atoms with Crippen molar-refractivity contribution in [1.82, 2.24) is 19.8 Å². The van der Waals surface area contributed by atoms with Crippen LogP contribution in [0.5, 0.6) is 0 Å². The number of amides is 2. The molecule has 3 N–H and O–H groups in total. The van der Waals surface area contributed by atoms with Crippen LogP contribution in [-0.4, -0.2) is 73.8 Å². The normalized spacial score (nSPS) is 17.4. The first-order valence-corrected chi connectivity index (χ1v) is 11.4. The number of ether oxygens (including phenoxy) is 1. The second kappa shape index (κ2) is 10.4. The van der Waals surface area contributed by atoms with E-state index in [-0.39, 0.29) is 36.3 Å². The Morgan fingerprint density at radius 3 is 2.54 bits per heavy atom. The number of nitrogens with zero attached hydrogens (tertiary/aromatic N) is 5. The smallest absolute Gasteiger partial charge is 0.393 e. The molecule has 2 aromatic rings. The molecule has 1 fully saturated rings. The fourth-order valence-electron chi connectivity index (χ4n) is 4.16. The summed E-state index contributed by atoms with van der Waals surface area (Å²) in [6.07, 6.45) is -6.23. The van der Waals surface area contributed by atoms with E-state index in [0.29, 0.717) is 43.6 Å². The number of anilines is 1. The van der Waals surface area contributed by atoms with Crippen LogP contribution in [0, 0.1) is 10.1 Å². The fourth-order valence-corrected chi connectivity index (χ4v) is 4.16. The monoisotopic (exact) mass is 526 g/mol. The summed E-state index contributed by atoms with van der Waals surface area (Å²) in [7, 11) is 0. The number of rotatable bonds is 6. The van der Waals surface area contributed by atoms with Gasteiger partial charge in [0.2, 0.25) is 0 Å². The molecule has 2 aliphatic heterocycles. The van der Waals surface area contributed by atoms with E-state index in [1.165, 1.54) is 11.8 Å². The number of urea groups is 1. The lowest BCUT2D eigenvalue weighted by atomic mass is 10.0. The Labute approximate surface area is 208 Å². The van der Waals surface area contributed by atoms with Crippen LogP contribution in [0.4, 0.5) is 29.5 Å². The molecule has 12 nitrogen and oxygen atoms in total.